The van der Waals surface area contributed by atoms with Gasteiger partial charge in [0.1, 0.15) is 0 Å². The normalized spacial score (nSPS) is 30.9. The molecule has 1 aliphatic carbocycles. The molecule has 0 aromatic rings. The van der Waals surface area contributed by atoms with Crippen LogP contribution in [0.1, 0.15) is 53.4 Å². The van der Waals surface area contributed by atoms with Crippen molar-refractivity contribution in [2.75, 3.05) is 11.9 Å². The summed E-state index contributed by atoms with van der Waals surface area (Å²) in [6.45, 7) is 9.89. The number of carbonyl (C=O) groups excluding carboxylic acids is 1. The first-order chi connectivity index (χ1) is 8.34. The molecule has 3 heteroatoms. The van der Waals surface area contributed by atoms with E-state index in [9.17, 15) is 4.79 Å². The minimum absolute atomic E-state index is 0.160. The lowest BCUT2D eigenvalue weighted by Gasteiger charge is -2.29. The average molecular weight is 316 g/mol. The molecule has 0 aromatic carbocycles. The van der Waals surface area contributed by atoms with Crippen LogP contribution in [0, 0.1) is 16.7 Å². The highest BCUT2D eigenvalue weighted by atomic mass is 79.9. The minimum atomic E-state index is 0.160. The van der Waals surface area contributed by atoms with Crippen LogP contribution >= 0.6 is 15.9 Å². The second-order valence-electron chi connectivity index (χ2n) is 7.07. The fourth-order valence-corrected chi connectivity index (χ4v) is 4.28. The molecule has 1 heterocycles. The van der Waals surface area contributed by atoms with Crippen molar-refractivity contribution in [2.24, 2.45) is 16.7 Å². The SMILES string of the molecule is CC1(C)C(C(=O)N2CCCCCC2CBr)C1(C)C. The lowest BCUT2D eigenvalue weighted by Crippen LogP contribution is -2.42. The van der Waals surface area contributed by atoms with Crippen molar-refractivity contribution in [3.8, 4) is 0 Å². The Balaban J connectivity index is 2.13. The lowest BCUT2D eigenvalue weighted by atomic mass is 10.0. The first-order valence-electron chi connectivity index (χ1n) is 7.20. The van der Waals surface area contributed by atoms with Crippen molar-refractivity contribution in [2.45, 2.75) is 59.4 Å². The number of halogens is 1. The Morgan fingerprint density at radius 2 is 1.78 bits per heavy atom. The predicted molar refractivity (Wildman–Crippen MR) is 78.8 cm³/mol. The zero-order valence-corrected chi connectivity index (χ0v) is 13.7. The highest BCUT2D eigenvalue weighted by molar-refractivity contribution is 9.09. The van der Waals surface area contributed by atoms with Crippen LogP contribution in [0.4, 0.5) is 0 Å². The quantitative estimate of drug-likeness (QED) is 0.709. The maximum absolute atomic E-state index is 12.8. The van der Waals surface area contributed by atoms with E-state index in [1.54, 1.807) is 0 Å². The molecule has 0 spiro atoms. The molecule has 2 nitrogen and oxygen atoms in total. The van der Waals surface area contributed by atoms with E-state index in [4.69, 9.17) is 0 Å². The average Bonchev–Trinajstić information content (AvgIpc) is 2.82. The molecule has 2 rings (SSSR count). The maximum atomic E-state index is 12.8. The predicted octanol–water partition coefficient (Wildman–Crippen LogP) is 3.83. The van der Waals surface area contributed by atoms with Gasteiger partial charge in [-0.15, -0.1) is 0 Å². The number of carbonyl (C=O) groups is 1. The van der Waals surface area contributed by atoms with E-state index >= 15 is 0 Å². The van der Waals surface area contributed by atoms with Gasteiger partial charge in [0, 0.05) is 23.8 Å². The van der Waals surface area contributed by atoms with E-state index in [0.29, 0.717) is 11.9 Å². The Hall–Kier alpha value is -0.0500. The summed E-state index contributed by atoms with van der Waals surface area (Å²) in [5.74, 6) is 0.612. The number of rotatable bonds is 2. The molecule has 0 N–H and O–H groups in total. The monoisotopic (exact) mass is 315 g/mol. The van der Waals surface area contributed by atoms with Gasteiger partial charge >= 0.3 is 0 Å². The molecular formula is C15H26BrNO. The van der Waals surface area contributed by atoms with E-state index in [1.807, 2.05) is 0 Å². The van der Waals surface area contributed by atoms with Crippen LogP contribution in [0.15, 0.2) is 0 Å². The Bertz CT molecular complexity index is 323. The number of likely N-dealkylation sites (tertiary alicyclic amines) is 1. The molecule has 2 aliphatic rings. The van der Waals surface area contributed by atoms with Crippen molar-refractivity contribution < 1.29 is 4.79 Å². The van der Waals surface area contributed by atoms with Crippen molar-refractivity contribution >= 4 is 21.8 Å². The van der Waals surface area contributed by atoms with Crippen LogP contribution in [0.5, 0.6) is 0 Å². The van der Waals surface area contributed by atoms with Crippen LogP contribution in [-0.4, -0.2) is 28.7 Å². The molecule has 2 fully saturated rings. The number of alkyl halides is 1. The molecule has 1 aliphatic heterocycles. The van der Waals surface area contributed by atoms with E-state index in [1.165, 1.54) is 19.3 Å². The van der Waals surface area contributed by atoms with E-state index < -0.39 is 0 Å². The van der Waals surface area contributed by atoms with Crippen LogP contribution in [0.2, 0.25) is 0 Å². The van der Waals surface area contributed by atoms with Crippen LogP contribution in [0.25, 0.3) is 0 Å². The number of hydrogen-bond acceptors (Lipinski definition) is 1. The largest absolute Gasteiger partial charge is 0.339 e. The third kappa shape index (κ3) is 2.13. The first-order valence-corrected chi connectivity index (χ1v) is 8.32. The van der Waals surface area contributed by atoms with E-state index in [0.717, 1.165) is 18.3 Å². The first kappa shape index (κ1) is 14.4. The molecule has 0 bridgehead atoms. The fraction of sp³-hybridized carbons (Fsp3) is 0.933. The van der Waals surface area contributed by atoms with Crippen molar-refractivity contribution in [1.82, 2.24) is 4.90 Å². The highest BCUT2D eigenvalue weighted by Gasteiger charge is 2.69. The second-order valence-corrected chi connectivity index (χ2v) is 7.71. The van der Waals surface area contributed by atoms with Gasteiger partial charge in [0.05, 0.1) is 0 Å². The summed E-state index contributed by atoms with van der Waals surface area (Å²) in [4.78, 5) is 15.0. The molecule has 1 saturated carbocycles. The topological polar surface area (TPSA) is 20.3 Å². The third-order valence-electron chi connectivity index (χ3n) is 5.61. The van der Waals surface area contributed by atoms with Crippen molar-refractivity contribution in [1.29, 1.82) is 0 Å². The molecule has 1 saturated heterocycles. The Morgan fingerprint density at radius 1 is 1.17 bits per heavy atom. The number of hydrogen-bond donors (Lipinski definition) is 0. The second kappa shape index (κ2) is 4.81. The zero-order valence-electron chi connectivity index (χ0n) is 12.1. The lowest BCUT2D eigenvalue weighted by molar-refractivity contribution is -0.135. The van der Waals surface area contributed by atoms with Gasteiger partial charge in [0.15, 0.2) is 0 Å². The van der Waals surface area contributed by atoms with E-state index in [-0.39, 0.29) is 16.7 Å². The zero-order chi connectivity index (χ0) is 13.6. The maximum Gasteiger partial charge on any atom is 0.227 e. The van der Waals surface area contributed by atoms with Crippen LogP contribution < -0.4 is 0 Å². The number of nitrogens with zero attached hydrogens (tertiary/aromatic N) is 1. The molecule has 0 radical (unpaired) electrons. The highest BCUT2D eigenvalue weighted by Crippen LogP contribution is 2.68. The smallest absolute Gasteiger partial charge is 0.227 e. The molecule has 1 atom stereocenters. The van der Waals surface area contributed by atoms with Gasteiger partial charge in [-0.25, -0.2) is 0 Å². The minimum Gasteiger partial charge on any atom is -0.339 e. The molecule has 1 unspecified atom stereocenters. The van der Waals surface area contributed by atoms with Crippen LogP contribution in [-0.2, 0) is 4.79 Å². The summed E-state index contributed by atoms with van der Waals surface area (Å²) < 4.78 is 0. The van der Waals surface area contributed by atoms with Crippen molar-refractivity contribution in [3.05, 3.63) is 0 Å². The van der Waals surface area contributed by atoms with Gasteiger partial charge < -0.3 is 4.90 Å². The Morgan fingerprint density at radius 3 is 2.28 bits per heavy atom. The van der Waals surface area contributed by atoms with Gasteiger partial charge in [-0.1, -0.05) is 56.5 Å². The fourth-order valence-electron chi connectivity index (χ4n) is 3.61. The van der Waals surface area contributed by atoms with Gasteiger partial charge in [-0.2, -0.15) is 0 Å². The molecule has 104 valence electrons. The van der Waals surface area contributed by atoms with Gasteiger partial charge in [-0.05, 0) is 23.7 Å². The van der Waals surface area contributed by atoms with Gasteiger partial charge in [0.2, 0.25) is 5.91 Å². The summed E-state index contributed by atoms with van der Waals surface area (Å²) in [5.41, 5.74) is 0.320. The molecule has 1 amide bonds. The van der Waals surface area contributed by atoms with Crippen LogP contribution in [0.3, 0.4) is 0 Å². The summed E-state index contributed by atoms with van der Waals surface area (Å²) in [6.07, 6.45) is 4.86. The summed E-state index contributed by atoms with van der Waals surface area (Å²) >= 11 is 3.59. The summed E-state index contributed by atoms with van der Waals surface area (Å²) in [5, 5.41) is 0.923. The number of amides is 1. The molecular weight excluding hydrogens is 290 g/mol. The van der Waals surface area contributed by atoms with Crippen molar-refractivity contribution in [3.63, 3.8) is 0 Å². The Labute approximate surface area is 120 Å². The molecule has 0 aromatic heterocycles. The Kier molecular flexibility index (Phi) is 3.84. The standard InChI is InChI=1S/C15H26BrNO/c1-14(2)12(15(14,3)4)13(18)17-9-7-5-6-8-11(17)10-16/h11-12H,5-10H2,1-4H3. The summed E-state index contributed by atoms with van der Waals surface area (Å²) in [7, 11) is 0. The summed E-state index contributed by atoms with van der Waals surface area (Å²) in [6, 6.07) is 0.409. The van der Waals surface area contributed by atoms with E-state index in [2.05, 4.69) is 48.5 Å². The van der Waals surface area contributed by atoms with Gasteiger partial charge in [0.25, 0.3) is 0 Å². The van der Waals surface area contributed by atoms with Gasteiger partial charge in [-0.3, -0.25) is 4.79 Å². The molecule has 18 heavy (non-hydrogen) atoms. The third-order valence-corrected chi connectivity index (χ3v) is 6.35.